The van der Waals surface area contributed by atoms with E-state index in [1.807, 2.05) is 5.38 Å². The summed E-state index contributed by atoms with van der Waals surface area (Å²) in [5.74, 6) is -0.789. The zero-order chi connectivity index (χ0) is 20.9. The smallest absolute Gasteiger partial charge is 0.231 e. The summed E-state index contributed by atoms with van der Waals surface area (Å²) in [5.41, 5.74) is 1.96. The average Bonchev–Trinajstić information content (AvgIpc) is 3.34. The summed E-state index contributed by atoms with van der Waals surface area (Å²) in [7, 11) is 0. The lowest BCUT2D eigenvalue weighted by molar-refractivity contribution is -0.128. The number of amides is 2. The van der Waals surface area contributed by atoms with E-state index in [0.717, 1.165) is 30.9 Å². The fraction of sp³-hybridized carbons (Fsp3) is 0.500. The van der Waals surface area contributed by atoms with Crippen molar-refractivity contribution in [1.82, 2.24) is 14.8 Å². The number of rotatable bonds is 7. The first kappa shape index (κ1) is 20.9. The van der Waals surface area contributed by atoms with E-state index in [1.54, 1.807) is 17.0 Å². The second-order valence-electron chi connectivity index (χ2n) is 8.09. The molecule has 1 N–H and O–H groups in total. The molecule has 2 aliphatic heterocycles. The van der Waals surface area contributed by atoms with E-state index in [0.29, 0.717) is 24.6 Å². The molecule has 1 atom stereocenters. The molecule has 0 spiro atoms. The van der Waals surface area contributed by atoms with Crippen LogP contribution < -0.4 is 5.32 Å². The largest absolute Gasteiger partial charge is 0.342 e. The van der Waals surface area contributed by atoms with Gasteiger partial charge < -0.3 is 10.2 Å². The molecule has 0 saturated carbocycles. The minimum atomic E-state index is -0.361. The predicted octanol–water partition coefficient (Wildman–Crippen LogP) is 3.30. The number of aromatic nitrogens is 1. The van der Waals surface area contributed by atoms with Crippen LogP contribution in [0.3, 0.4) is 0 Å². The number of likely N-dealkylation sites (tertiary alicyclic amines) is 2. The number of thiazole rings is 1. The minimum absolute atomic E-state index is 0.0119. The van der Waals surface area contributed by atoms with Crippen molar-refractivity contribution in [3.05, 3.63) is 46.7 Å². The van der Waals surface area contributed by atoms with Crippen molar-refractivity contribution >= 4 is 28.3 Å². The van der Waals surface area contributed by atoms with Crippen molar-refractivity contribution in [3.8, 4) is 0 Å². The van der Waals surface area contributed by atoms with E-state index in [9.17, 15) is 14.0 Å². The molecule has 160 valence electrons. The quantitative estimate of drug-likeness (QED) is 0.732. The molecule has 1 aromatic carbocycles. The molecule has 1 aromatic heterocycles. The van der Waals surface area contributed by atoms with Crippen molar-refractivity contribution in [3.63, 3.8) is 0 Å². The number of piperidine rings is 1. The highest BCUT2D eigenvalue weighted by Crippen LogP contribution is 2.23. The number of carbonyl (C=O) groups is 2. The van der Waals surface area contributed by atoms with E-state index >= 15 is 0 Å². The van der Waals surface area contributed by atoms with Crippen LogP contribution in [0.25, 0.3) is 0 Å². The van der Waals surface area contributed by atoms with Gasteiger partial charge in [-0.3, -0.25) is 14.5 Å². The average molecular weight is 431 g/mol. The van der Waals surface area contributed by atoms with Crippen molar-refractivity contribution < 1.29 is 14.0 Å². The van der Waals surface area contributed by atoms with Crippen LogP contribution in [0.5, 0.6) is 0 Å². The first-order chi connectivity index (χ1) is 14.6. The van der Waals surface area contributed by atoms with Crippen LogP contribution in [0.4, 0.5) is 9.52 Å². The molecular formula is C22H27FN4O2S. The van der Waals surface area contributed by atoms with Gasteiger partial charge in [0.15, 0.2) is 5.13 Å². The van der Waals surface area contributed by atoms with Gasteiger partial charge in [0.2, 0.25) is 11.8 Å². The molecule has 2 fully saturated rings. The summed E-state index contributed by atoms with van der Waals surface area (Å²) in [4.78, 5) is 33.6. The molecule has 1 unspecified atom stereocenters. The number of hydrogen-bond acceptors (Lipinski definition) is 5. The molecule has 2 saturated heterocycles. The molecule has 8 heteroatoms. The van der Waals surface area contributed by atoms with Crippen LogP contribution in [-0.2, 0) is 22.6 Å². The zero-order valence-electron chi connectivity index (χ0n) is 17.0. The van der Waals surface area contributed by atoms with E-state index in [2.05, 4.69) is 15.2 Å². The van der Waals surface area contributed by atoms with Gasteiger partial charge in [-0.2, -0.15) is 0 Å². The molecule has 30 heavy (non-hydrogen) atoms. The van der Waals surface area contributed by atoms with Crippen LogP contribution >= 0.6 is 11.3 Å². The summed E-state index contributed by atoms with van der Waals surface area (Å²) >= 11 is 1.44. The van der Waals surface area contributed by atoms with Gasteiger partial charge in [-0.25, -0.2) is 9.37 Å². The molecule has 2 aliphatic rings. The van der Waals surface area contributed by atoms with Crippen LogP contribution in [0, 0.1) is 11.7 Å². The Labute approximate surface area is 180 Å². The molecule has 0 bridgehead atoms. The van der Waals surface area contributed by atoms with Crippen molar-refractivity contribution in [2.24, 2.45) is 5.92 Å². The molecule has 2 amide bonds. The summed E-state index contributed by atoms with van der Waals surface area (Å²) in [6.45, 7) is 3.99. The zero-order valence-corrected chi connectivity index (χ0v) is 17.8. The van der Waals surface area contributed by atoms with Crippen LogP contribution in [0.1, 0.15) is 36.9 Å². The van der Waals surface area contributed by atoms with Gasteiger partial charge in [0, 0.05) is 31.4 Å². The van der Waals surface area contributed by atoms with Crippen LogP contribution in [-0.4, -0.2) is 52.8 Å². The van der Waals surface area contributed by atoms with Gasteiger partial charge in [-0.05, 0) is 50.0 Å². The van der Waals surface area contributed by atoms with E-state index in [1.165, 1.54) is 42.7 Å². The number of benzene rings is 1. The third kappa shape index (κ3) is 5.43. The maximum Gasteiger partial charge on any atom is 0.231 e. The minimum Gasteiger partial charge on any atom is -0.342 e. The molecule has 4 rings (SSSR count). The summed E-state index contributed by atoms with van der Waals surface area (Å²) in [6, 6.07) is 6.30. The summed E-state index contributed by atoms with van der Waals surface area (Å²) in [5, 5.41) is 5.49. The number of hydrogen-bond donors (Lipinski definition) is 1. The van der Waals surface area contributed by atoms with Gasteiger partial charge in [0.05, 0.1) is 11.6 Å². The van der Waals surface area contributed by atoms with Crippen molar-refractivity contribution in [2.45, 2.75) is 38.6 Å². The predicted molar refractivity (Wildman–Crippen MR) is 115 cm³/mol. The Morgan fingerprint density at radius 2 is 1.97 bits per heavy atom. The number of nitrogens with zero attached hydrogens (tertiary/aromatic N) is 3. The first-order valence-corrected chi connectivity index (χ1v) is 11.4. The molecular weight excluding hydrogens is 403 g/mol. The van der Waals surface area contributed by atoms with E-state index in [4.69, 9.17) is 0 Å². The number of nitrogens with one attached hydrogen (secondary N) is 1. The Bertz CT molecular complexity index is 880. The highest BCUT2D eigenvalue weighted by molar-refractivity contribution is 7.13. The maximum absolute atomic E-state index is 13.0. The van der Waals surface area contributed by atoms with Gasteiger partial charge in [0.25, 0.3) is 0 Å². The number of anilines is 1. The highest BCUT2D eigenvalue weighted by atomic mass is 32.1. The lowest BCUT2D eigenvalue weighted by Crippen LogP contribution is -2.30. The SMILES string of the molecule is O=C(Nc1nc(CN2CCCCC2)cs1)C1CC(=O)N(CCc2ccc(F)cc2)C1. The molecule has 2 aromatic rings. The number of carbonyl (C=O) groups excluding carboxylic acids is 2. The maximum atomic E-state index is 13.0. The molecule has 0 aliphatic carbocycles. The van der Waals surface area contributed by atoms with Gasteiger partial charge >= 0.3 is 0 Å². The third-order valence-electron chi connectivity index (χ3n) is 5.79. The first-order valence-electron chi connectivity index (χ1n) is 10.6. The summed E-state index contributed by atoms with van der Waals surface area (Å²) < 4.78 is 13.0. The fourth-order valence-corrected chi connectivity index (χ4v) is 4.77. The molecule has 3 heterocycles. The molecule has 6 nitrogen and oxygen atoms in total. The van der Waals surface area contributed by atoms with Crippen molar-refractivity contribution in [1.29, 1.82) is 0 Å². The van der Waals surface area contributed by atoms with Crippen LogP contribution in [0.2, 0.25) is 0 Å². The van der Waals surface area contributed by atoms with Gasteiger partial charge in [-0.15, -0.1) is 11.3 Å². The summed E-state index contributed by atoms with van der Waals surface area (Å²) in [6.07, 6.45) is 4.64. The fourth-order valence-electron chi connectivity index (χ4n) is 4.07. The Kier molecular flexibility index (Phi) is 6.74. The second kappa shape index (κ2) is 9.66. The highest BCUT2D eigenvalue weighted by Gasteiger charge is 2.34. The van der Waals surface area contributed by atoms with Crippen LogP contribution in [0.15, 0.2) is 29.6 Å². The third-order valence-corrected chi connectivity index (χ3v) is 6.59. The second-order valence-corrected chi connectivity index (χ2v) is 8.95. The van der Waals surface area contributed by atoms with E-state index < -0.39 is 0 Å². The van der Waals surface area contributed by atoms with Gasteiger partial charge in [0.1, 0.15) is 5.82 Å². The molecule has 0 radical (unpaired) electrons. The topological polar surface area (TPSA) is 65.5 Å². The Hall–Kier alpha value is -2.32. The monoisotopic (exact) mass is 430 g/mol. The lowest BCUT2D eigenvalue weighted by atomic mass is 10.1. The lowest BCUT2D eigenvalue weighted by Gasteiger charge is -2.25. The number of halogens is 1. The Morgan fingerprint density at radius 1 is 1.20 bits per heavy atom. The van der Waals surface area contributed by atoms with E-state index in [-0.39, 0.29) is 30.0 Å². The van der Waals surface area contributed by atoms with Gasteiger partial charge in [-0.1, -0.05) is 18.6 Å². The Morgan fingerprint density at radius 3 is 2.73 bits per heavy atom. The standard InChI is InChI=1S/C22H27FN4O2S/c23-18-6-4-16(5-7-18)8-11-27-13-17(12-20(27)28)21(29)25-22-24-19(15-30-22)14-26-9-2-1-3-10-26/h4-7,15,17H,1-3,8-14H2,(H,24,25,29). The van der Waals surface area contributed by atoms with Crippen molar-refractivity contribution in [2.75, 3.05) is 31.5 Å². The Balaban J connectivity index is 1.25. The normalized spacial score (nSPS) is 20.0.